The monoisotopic (exact) mass is 636 g/mol. The van der Waals surface area contributed by atoms with Crippen LogP contribution in [0.15, 0.2) is 126 Å². The molecular weight excluding hydrogens is 604 g/mol. The molecule has 9 nitrogen and oxygen atoms in total. The molecule has 5 aromatic carbocycles. The topological polar surface area (TPSA) is 126 Å². The van der Waals surface area contributed by atoms with Crippen molar-refractivity contribution < 1.29 is 24.0 Å². The van der Waals surface area contributed by atoms with Gasteiger partial charge in [-0.05, 0) is 79.1 Å². The molecule has 0 bridgehead atoms. The minimum absolute atomic E-state index is 0.0715. The van der Waals surface area contributed by atoms with Crippen molar-refractivity contribution in [2.24, 2.45) is 0 Å². The van der Waals surface area contributed by atoms with Crippen LogP contribution in [0.3, 0.4) is 0 Å². The summed E-state index contributed by atoms with van der Waals surface area (Å²) in [6.07, 6.45) is 0. The second-order valence-electron chi connectivity index (χ2n) is 11.5. The van der Waals surface area contributed by atoms with Crippen LogP contribution in [0.5, 0.6) is 0 Å². The molecule has 2 N–H and O–H groups in total. The second kappa shape index (κ2) is 14.0. The Morgan fingerprint density at radius 3 is 1.98 bits per heavy atom. The van der Waals surface area contributed by atoms with Crippen molar-refractivity contribution in [2.45, 2.75) is 20.4 Å². The van der Waals surface area contributed by atoms with E-state index in [1.165, 1.54) is 10.5 Å². The number of anilines is 1. The number of hydrogen-bond acceptors (Lipinski definition) is 6. The maximum Gasteiger partial charge on any atom is 0.323 e. The van der Waals surface area contributed by atoms with Crippen LogP contribution >= 0.6 is 0 Å². The maximum absolute atomic E-state index is 13.4. The number of carbonyl (C=O) groups is 3. The predicted octanol–water partition coefficient (Wildman–Crippen LogP) is 7.67. The Hall–Kier alpha value is -6.35. The van der Waals surface area contributed by atoms with Crippen molar-refractivity contribution in [1.29, 1.82) is 0 Å². The van der Waals surface area contributed by atoms with Gasteiger partial charge in [-0.15, -0.1) is 0 Å². The van der Waals surface area contributed by atoms with Crippen LogP contribution in [0.1, 0.15) is 37.4 Å². The van der Waals surface area contributed by atoms with Crippen molar-refractivity contribution in [2.75, 3.05) is 11.9 Å². The first-order valence-corrected chi connectivity index (χ1v) is 15.3. The number of carbonyl (C=O) groups excluding carboxylic acids is 2. The molecule has 6 rings (SSSR count). The summed E-state index contributed by atoms with van der Waals surface area (Å²) in [6.45, 7) is 3.55. The van der Waals surface area contributed by atoms with Crippen LogP contribution < -0.4 is 5.32 Å². The van der Waals surface area contributed by atoms with E-state index in [2.05, 4.69) is 46.6 Å². The third-order valence-electron chi connectivity index (χ3n) is 7.81. The average molecular weight is 637 g/mol. The number of aryl methyl sites for hydroxylation is 2. The van der Waals surface area contributed by atoms with Crippen LogP contribution in [0.25, 0.3) is 34.0 Å². The number of aliphatic carboxylic acids is 1. The number of carboxylic acid groups (broad SMARTS) is 1. The molecule has 9 heteroatoms. The van der Waals surface area contributed by atoms with Crippen molar-refractivity contribution in [3.63, 3.8) is 0 Å². The molecule has 0 unspecified atom stereocenters. The van der Waals surface area contributed by atoms with Crippen LogP contribution in [0.4, 0.5) is 5.69 Å². The summed E-state index contributed by atoms with van der Waals surface area (Å²) >= 11 is 0. The number of aromatic nitrogens is 2. The summed E-state index contributed by atoms with van der Waals surface area (Å²) in [6, 6.07) is 37.1. The van der Waals surface area contributed by atoms with Gasteiger partial charge in [0, 0.05) is 34.5 Å². The molecule has 238 valence electrons. The molecule has 2 amide bonds. The smallest absolute Gasteiger partial charge is 0.323 e. The second-order valence-corrected chi connectivity index (χ2v) is 11.5. The summed E-state index contributed by atoms with van der Waals surface area (Å²) in [5.74, 6) is -1.04. The molecule has 0 aliphatic rings. The first-order valence-electron chi connectivity index (χ1n) is 15.3. The van der Waals surface area contributed by atoms with Crippen molar-refractivity contribution in [3.05, 3.63) is 149 Å². The van der Waals surface area contributed by atoms with Gasteiger partial charge in [-0.2, -0.15) is 4.98 Å². The van der Waals surface area contributed by atoms with Gasteiger partial charge in [-0.25, -0.2) is 0 Å². The van der Waals surface area contributed by atoms with Gasteiger partial charge in [0.05, 0.1) is 0 Å². The minimum Gasteiger partial charge on any atom is -0.480 e. The van der Waals surface area contributed by atoms with E-state index in [4.69, 9.17) is 4.52 Å². The largest absolute Gasteiger partial charge is 0.480 e. The normalized spacial score (nSPS) is 10.8. The quantitative estimate of drug-likeness (QED) is 0.158. The summed E-state index contributed by atoms with van der Waals surface area (Å²) in [7, 11) is 0. The van der Waals surface area contributed by atoms with Crippen LogP contribution in [0.2, 0.25) is 0 Å². The average Bonchev–Trinajstić information content (AvgIpc) is 3.59. The van der Waals surface area contributed by atoms with E-state index in [0.717, 1.165) is 27.8 Å². The molecular formula is C39H32N4O5. The zero-order chi connectivity index (χ0) is 33.6. The standard InChI is InChI=1S/C39H32N4O5/c1-25-6-10-28(11-7-25)29-14-16-31(17-15-29)38-41-36(42-48-38)30-12-8-27(9-13-30)23-43(24-35(44)45)39(47)32-18-20-34(21-19-32)40-37(46)33-5-3-4-26(2)22-33/h3-22H,23-24H2,1-2H3,(H,40,46)(H,44,45). The van der Waals surface area contributed by atoms with Crippen LogP contribution in [-0.4, -0.2) is 44.5 Å². The van der Waals surface area contributed by atoms with E-state index >= 15 is 0 Å². The number of nitrogens with one attached hydrogen (secondary N) is 1. The van der Waals surface area contributed by atoms with Gasteiger partial charge in [-0.1, -0.05) is 89.1 Å². The fourth-order valence-corrected chi connectivity index (χ4v) is 5.22. The van der Waals surface area contributed by atoms with Crippen LogP contribution in [-0.2, 0) is 11.3 Å². The number of rotatable bonds is 10. The molecule has 0 aliphatic carbocycles. The molecule has 0 fully saturated rings. The van der Waals surface area contributed by atoms with Gasteiger partial charge in [-0.3, -0.25) is 14.4 Å². The zero-order valence-corrected chi connectivity index (χ0v) is 26.4. The van der Waals surface area contributed by atoms with Gasteiger partial charge in [0.2, 0.25) is 5.82 Å². The highest BCUT2D eigenvalue weighted by molar-refractivity contribution is 6.04. The number of hydrogen-bond donors (Lipinski definition) is 2. The van der Waals surface area contributed by atoms with Crippen molar-refractivity contribution in [3.8, 4) is 34.0 Å². The number of carboxylic acids is 1. The van der Waals surface area contributed by atoms with Crippen molar-refractivity contribution in [1.82, 2.24) is 15.0 Å². The lowest BCUT2D eigenvalue weighted by Gasteiger charge is -2.21. The SMILES string of the molecule is Cc1ccc(-c2ccc(-c3nc(-c4ccc(CN(CC(=O)O)C(=O)c5ccc(NC(=O)c6cccc(C)c6)cc5)cc4)no3)cc2)cc1. The lowest BCUT2D eigenvalue weighted by molar-refractivity contribution is -0.137. The lowest BCUT2D eigenvalue weighted by Crippen LogP contribution is -2.35. The molecule has 0 spiro atoms. The Kier molecular flexibility index (Phi) is 9.20. The highest BCUT2D eigenvalue weighted by Gasteiger charge is 2.20. The highest BCUT2D eigenvalue weighted by atomic mass is 16.5. The van der Waals surface area contributed by atoms with Gasteiger partial charge < -0.3 is 19.8 Å². The van der Waals surface area contributed by atoms with E-state index in [1.807, 2.05) is 43.3 Å². The first kappa shape index (κ1) is 31.6. The molecule has 1 heterocycles. The molecule has 0 saturated heterocycles. The highest BCUT2D eigenvalue weighted by Crippen LogP contribution is 2.26. The summed E-state index contributed by atoms with van der Waals surface area (Å²) in [5.41, 5.74) is 7.96. The Morgan fingerprint density at radius 1 is 0.708 bits per heavy atom. The number of benzene rings is 5. The van der Waals surface area contributed by atoms with E-state index in [9.17, 15) is 19.5 Å². The summed E-state index contributed by atoms with van der Waals surface area (Å²) in [5, 5.41) is 16.5. The summed E-state index contributed by atoms with van der Waals surface area (Å²) in [4.78, 5) is 43.4. The first-order chi connectivity index (χ1) is 23.2. The zero-order valence-electron chi connectivity index (χ0n) is 26.4. The third kappa shape index (κ3) is 7.54. The Labute approximate surface area is 277 Å². The van der Waals surface area contributed by atoms with Crippen LogP contribution in [0, 0.1) is 13.8 Å². The fraction of sp³-hybridized carbons (Fsp3) is 0.103. The van der Waals surface area contributed by atoms with Gasteiger partial charge in [0.25, 0.3) is 17.7 Å². The Balaban J connectivity index is 1.11. The maximum atomic E-state index is 13.4. The van der Waals surface area contributed by atoms with Gasteiger partial charge in [0.1, 0.15) is 6.54 Å². The van der Waals surface area contributed by atoms with E-state index in [1.54, 1.807) is 60.7 Å². The predicted molar refractivity (Wildman–Crippen MR) is 183 cm³/mol. The lowest BCUT2D eigenvalue weighted by atomic mass is 10.0. The fourth-order valence-electron chi connectivity index (χ4n) is 5.22. The number of nitrogens with zero attached hydrogens (tertiary/aromatic N) is 3. The number of amides is 2. The minimum atomic E-state index is -1.13. The van der Waals surface area contributed by atoms with E-state index in [0.29, 0.717) is 34.1 Å². The van der Waals surface area contributed by atoms with Crippen molar-refractivity contribution >= 4 is 23.5 Å². The molecule has 6 aromatic rings. The molecule has 0 atom stereocenters. The van der Waals surface area contributed by atoms with E-state index < -0.39 is 18.4 Å². The Bertz CT molecular complexity index is 2070. The summed E-state index contributed by atoms with van der Waals surface area (Å²) < 4.78 is 5.54. The molecule has 0 saturated carbocycles. The van der Waals surface area contributed by atoms with E-state index in [-0.39, 0.29) is 12.5 Å². The molecule has 1 aromatic heterocycles. The third-order valence-corrected chi connectivity index (χ3v) is 7.81. The van der Waals surface area contributed by atoms with Gasteiger partial charge in [0.15, 0.2) is 0 Å². The molecule has 48 heavy (non-hydrogen) atoms. The molecule has 0 radical (unpaired) electrons. The van der Waals surface area contributed by atoms with Gasteiger partial charge >= 0.3 is 5.97 Å². The Morgan fingerprint density at radius 2 is 1.33 bits per heavy atom. The molecule has 0 aliphatic heterocycles.